The van der Waals surface area contributed by atoms with E-state index >= 15 is 0 Å². The molecule has 12 heteroatoms. The van der Waals surface area contributed by atoms with Gasteiger partial charge in [0.05, 0.1) is 16.8 Å². The molecule has 154 valence electrons. The van der Waals surface area contributed by atoms with Crippen molar-refractivity contribution in [1.29, 1.82) is 0 Å². The zero-order valence-corrected chi connectivity index (χ0v) is 17.4. The molecule has 0 unspecified atom stereocenters. The van der Waals surface area contributed by atoms with Gasteiger partial charge in [0.1, 0.15) is 11.2 Å². The number of nitrogens with one attached hydrogen (secondary N) is 1. The van der Waals surface area contributed by atoms with Crippen LogP contribution >= 0.6 is 23.4 Å². The van der Waals surface area contributed by atoms with E-state index < -0.39 is 21.4 Å². The number of fused-ring (bicyclic) bond motifs is 1. The predicted octanol–water partition coefficient (Wildman–Crippen LogP) is 2.84. The van der Waals surface area contributed by atoms with Crippen LogP contribution in [0.3, 0.4) is 0 Å². The van der Waals surface area contributed by atoms with E-state index in [0.29, 0.717) is 11.3 Å². The van der Waals surface area contributed by atoms with Gasteiger partial charge >= 0.3 is 0 Å². The van der Waals surface area contributed by atoms with Crippen molar-refractivity contribution in [3.8, 4) is 5.69 Å². The molecule has 2 aromatic carbocycles. The molecule has 4 rings (SSSR count). The van der Waals surface area contributed by atoms with Crippen LogP contribution in [0, 0.1) is 5.82 Å². The molecule has 0 fully saturated rings. The molecule has 0 aliphatic rings. The van der Waals surface area contributed by atoms with Crippen molar-refractivity contribution >= 4 is 44.4 Å². The van der Waals surface area contributed by atoms with Crippen LogP contribution in [0.25, 0.3) is 16.7 Å². The molecule has 2 heterocycles. The standard InChI is InChI=1S/C18H13ClFN5O3S2/c19-14-2-1-3-15(20)13(14)9-29-18-23-16-12(17(26)24-18)8-22-25(16)10-4-6-11(7-5-10)30(21,27)28/h1-8H,9H2,(H2,21,27,28)(H,23,24,26). The van der Waals surface area contributed by atoms with Crippen LogP contribution in [0.4, 0.5) is 4.39 Å². The van der Waals surface area contributed by atoms with Crippen LogP contribution in [-0.4, -0.2) is 28.2 Å². The summed E-state index contributed by atoms with van der Waals surface area (Å²) < 4.78 is 38.2. The van der Waals surface area contributed by atoms with Crippen molar-refractivity contribution < 1.29 is 12.8 Å². The lowest BCUT2D eigenvalue weighted by Crippen LogP contribution is -2.12. The number of primary sulfonamides is 1. The first-order chi connectivity index (χ1) is 14.2. The Bertz CT molecular complexity index is 1400. The maximum atomic E-state index is 14.0. The fraction of sp³-hybridized carbons (Fsp3) is 0.0556. The Hall–Kier alpha value is -2.73. The molecular formula is C18H13ClFN5O3S2. The highest BCUT2D eigenvalue weighted by molar-refractivity contribution is 7.98. The summed E-state index contributed by atoms with van der Waals surface area (Å²) in [5, 5.41) is 10.1. The van der Waals surface area contributed by atoms with E-state index in [1.807, 2.05) is 0 Å². The maximum Gasteiger partial charge on any atom is 0.262 e. The first-order valence-electron chi connectivity index (χ1n) is 8.41. The summed E-state index contributed by atoms with van der Waals surface area (Å²) in [7, 11) is -3.83. The number of halogens is 2. The number of H-pyrrole nitrogens is 1. The van der Waals surface area contributed by atoms with E-state index in [-0.39, 0.29) is 31.9 Å². The molecule has 0 saturated heterocycles. The number of rotatable bonds is 5. The van der Waals surface area contributed by atoms with E-state index in [9.17, 15) is 17.6 Å². The van der Waals surface area contributed by atoms with E-state index in [1.54, 1.807) is 6.07 Å². The summed E-state index contributed by atoms with van der Waals surface area (Å²) in [5.41, 5.74) is 0.654. The van der Waals surface area contributed by atoms with E-state index in [2.05, 4.69) is 15.1 Å². The number of nitrogens with zero attached hydrogens (tertiary/aromatic N) is 3. The molecule has 0 bridgehead atoms. The van der Waals surface area contributed by atoms with Gasteiger partial charge in [0.2, 0.25) is 10.0 Å². The van der Waals surface area contributed by atoms with E-state index in [4.69, 9.17) is 16.7 Å². The van der Waals surface area contributed by atoms with Crippen LogP contribution in [0.15, 0.2) is 63.5 Å². The average Bonchev–Trinajstić information content (AvgIpc) is 3.11. The molecule has 0 aliphatic carbocycles. The highest BCUT2D eigenvalue weighted by Crippen LogP contribution is 2.27. The van der Waals surface area contributed by atoms with Crippen LogP contribution in [0.2, 0.25) is 5.02 Å². The smallest absolute Gasteiger partial charge is 0.262 e. The number of hydrogen-bond donors (Lipinski definition) is 2. The Morgan fingerprint density at radius 3 is 2.60 bits per heavy atom. The number of benzene rings is 2. The Kier molecular flexibility index (Phi) is 5.36. The van der Waals surface area contributed by atoms with Gasteiger partial charge in [-0.2, -0.15) is 5.10 Å². The van der Waals surface area contributed by atoms with Crippen LogP contribution < -0.4 is 10.7 Å². The topological polar surface area (TPSA) is 124 Å². The molecule has 0 radical (unpaired) electrons. The summed E-state index contributed by atoms with van der Waals surface area (Å²) >= 11 is 7.16. The van der Waals surface area contributed by atoms with Gasteiger partial charge in [0, 0.05) is 16.3 Å². The first kappa shape index (κ1) is 20.5. The van der Waals surface area contributed by atoms with Gasteiger partial charge in [-0.1, -0.05) is 29.4 Å². The highest BCUT2D eigenvalue weighted by Gasteiger charge is 2.15. The lowest BCUT2D eigenvalue weighted by Gasteiger charge is -2.07. The van der Waals surface area contributed by atoms with Crippen LogP contribution in [0.5, 0.6) is 0 Å². The molecule has 4 aromatic rings. The second kappa shape index (κ2) is 7.84. The minimum Gasteiger partial charge on any atom is -0.301 e. The summed E-state index contributed by atoms with van der Waals surface area (Å²) in [6, 6.07) is 10.1. The van der Waals surface area contributed by atoms with Gasteiger partial charge in [-0.3, -0.25) is 4.79 Å². The van der Waals surface area contributed by atoms with Crippen molar-refractivity contribution in [3.63, 3.8) is 0 Å². The van der Waals surface area contributed by atoms with Crippen molar-refractivity contribution in [3.05, 3.63) is 75.4 Å². The van der Waals surface area contributed by atoms with E-state index in [0.717, 1.165) is 11.8 Å². The fourth-order valence-electron chi connectivity index (χ4n) is 2.74. The second-order valence-electron chi connectivity index (χ2n) is 6.19. The van der Waals surface area contributed by atoms with Gasteiger partial charge < -0.3 is 4.98 Å². The Labute approximate surface area is 178 Å². The number of thioether (sulfide) groups is 1. The summed E-state index contributed by atoms with van der Waals surface area (Å²) in [6.45, 7) is 0. The Balaban J connectivity index is 1.70. The van der Waals surface area contributed by atoms with Gasteiger partial charge in [-0.25, -0.2) is 27.6 Å². The highest BCUT2D eigenvalue weighted by atomic mass is 35.5. The summed E-state index contributed by atoms with van der Waals surface area (Å²) in [4.78, 5) is 19.4. The third kappa shape index (κ3) is 3.97. The molecule has 3 N–H and O–H groups in total. The van der Waals surface area contributed by atoms with Crippen molar-refractivity contribution in [2.24, 2.45) is 5.14 Å². The zero-order valence-electron chi connectivity index (χ0n) is 15.0. The lowest BCUT2D eigenvalue weighted by molar-refractivity contribution is 0.597. The third-order valence-corrected chi connectivity index (χ3v) is 6.42. The number of aromatic amines is 1. The van der Waals surface area contributed by atoms with Crippen molar-refractivity contribution in [1.82, 2.24) is 19.7 Å². The van der Waals surface area contributed by atoms with Gasteiger partial charge in [0.15, 0.2) is 10.8 Å². The SMILES string of the molecule is NS(=O)(=O)c1ccc(-n2ncc3c(=O)[nH]c(SCc4c(F)cccc4Cl)nc32)cc1. The second-order valence-corrected chi connectivity index (χ2v) is 9.13. The lowest BCUT2D eigenvalue weighted by atomic mass is 10.2. The van der Waals surface area contributed by atoms with Gasteiger partial charge in [-0.05, 0) is 36.4 Å². The van der Waals surface area contributed by atoms with Crippen molar-refractivity contribution in [2.45, 2.75) is 15.8 Å². The maximum absolute atomic E-state index is 14.0. The van der Waals surface area contributed by atoms with Gasteiger partial charge in [0.25, 0.3) is 5.56 Å². The molecule has 0 aliphatic heterocycles. The molecular weight excluding hydrogens is 453 g/mol. The number of sulfonamides is 1. The normalized spacial score (nSPS) is 11.8. The molecule has 0 amide bonds. The molecule has 0 spiro atoms. The van der Waals surface area contributed by atoms with Gasteiger partial charge in [-0.15, -0.1) is 0 Å². The Morgan fingerprint density at radius 2 is 1.93 bits per heavy atom. The number of aromatic nitrogens is 4. The fourth-order valence-corrected chi connectivity index (χ4v) is 4.46. The third-order valence-electron chi connectivity index (χ3n) is 4.24. The molecule has 2 aromatic heterocycles. The van der Waals surface area contributed by atoms with Crippen LogP contribution in [-0.2, 0) is 15.8 Å². The minimum atomic E-state index is -3.83. The molecule has 0 atom stereocenters. The monoisotopic (exact) mass is 465 g/mol. The molecule has 30 heavy (non-hydrogen) atoms. The quantitative estimate of drug-likeness (QED) is 0.345. The average molecular weight is 466 g/mol. The summed E-state index contributed by atoms with van der Waals surface area (Å²) in [6.07, 6.45) is 1.36. The minimum absolute atomic E-state index is 0.0495. The first-order valence-corrected chi connectivity index (χ1v) is 11.3. The molecule has 8 nitrogen and oxygen atoms in total. The van der Waals surface area contributed by atoms with Crippen molar-refractivity contribution in [2.75, 3.05) is 0 Å². The summed E-state index contributed by atoms with van der Waals surface area (Å²) in [5.74, 6) is -0.282. The zero-order chi connectivity index (χ0) is 21.5. The number of nitrogens with two attached hydrogens (primary N) is 1. The Morgan fingerprint density at radius 1 is 1.20 bits per heavy atom. The largest absolute Gasteiger partial charge is 0.301 e. The number of hydrogen-bond acceptors (Lipinski definition) is 6. The van der Waals surface area contributed by atoms with Crippen LogP contribution in [0.1, 0.15) is 5.56 Å². The predicted molar refractivity (Wildman–Crippen MR) is 112 cm³/mol. The molecule has 0 saturated carbocycles. The van der Waals surface area contributed by atoms with E-state index in [1.165, 1.54) is 47.3 Å².